The fourth-order valence-electron chi connectivity index (χ4n) is 2.07. The van der Waals surface area contributed by atoms with Crippen LogP contribution in [0.1, 0.15) is 6.92 Å². The molecule has 0 aliphatic heterocycles. The van der Waals surface area contributed by atoms with E-state index in [-0.39, 0.29) is 17.0 Å². The van der Waals surface area contributed by atoms with E-state index in [9.17, 15) is 14.2 Å². The summed E-state index contributed by atoms with van der Waals surface area (Å²) < 4.78 is 12.2. The predicted octanol–water partition coefficient (Wildman–Crippen LogP) is 1.97. The van der Waals surface area contributed by atoms with E-state index in [1.165, 1.54) is 28.6 Å². The van der Waals surface area contributed by atoms with Gasteiger partial charge in [0.15, 0.2) is 5.15 Å². The quantitative estimate of drug-likeness (QED) is 0.641. The maximum absolute atomic E-state index is 12.4. The highest BCUT2D eigenvalue weighted by Crippen LogP contribution is 2.37. The Morgan fingerprint density at radius 3 is 2.91 bits per heavy atom. The summed E-state index contributed by atoms with van der Waals surface area (Å²) in [6.07, 6.45) is 4.56. The average Bonchev–Trinajstić information content (AvgIpc) is 2.87. The minimum Gasteiger partial charge on any atom is -0.304 e. The molecule has 0 spiro atoms. The molecule has 0 fully saturated rings. The van der Waals surface area contributed by atoms with Gasteiger partial charge in [-0.2, -0.15) is 0 Å². The molecule has 6 nitrogen and oxygen atoms in total. The first-order valence-electron chi connectivity index (χ1n) is 6.74. The second-order valence-electron chi connectivity index (χ2n) is 5.13. The number of amides is 1. The van der Waals surface area contributed by atoms with Crippen LogP contribution in [0.5, 0.6) is 0 Å². The summed E-state index contributed by atoms with van der Waals surface area (Å²) >= 11 is 7.42. The molecule has 2 aromatic rings. The van der Waals surface area contributed by atoms with Crippen molar-refractivity contribution in [2.75, 3.05) is 24.0 Å². The summed E-state index contributed by atoms with van der Waals surface area (Å²) in [5.41, 5.74) is 0.691. The molecule has 0 aliphatic rings. The van der Waals surface area contributed by atoms with E-state index in [1.54, 1.807) is 32.4 Å². The fraction of sp³-hybridized carbons (Fsp3) is 0.357. The molecule has 1 N–H and O–H groups in total. The smallest absolute Gasteiger partial charge is 0.232 e. The van der Waals surface area contributed by atoms with Gasteiger partial charge in [0, 0.05) is 46.6 Å². The van der Waals surface area contributed by atoms with Crippen molar-refractivity contribution in [1.82, 2.24) is 4.98 Å². The second kappa shape index (κ2) is 7.37. The predicted molar refractivity (Wildman–Crippen MR) is 91.4 cm³/mol. The molecule has 0 bridgehead atoms. The van der Waals surface area contributed by atoms with Crippen LogP contribution < -0.4 is 9.63 Å². The van der Waals surface area contributed by atoms with Crippen molar-refractivity contribution >= 4 is 44.6 Å². The van der Waals surface area contributed by atoms with Crippen molar-refractivity contribution in [1.29, 1.82) is 0 Å². The Bertz CT molecular complexity index is 751. The number of carbonyl (C=O) groups excluding carboxylic acids is 1. The highest BCUT2D eigenvalue weighted by molar-refractivity contribution is 7.84. The fourth-order valence-corrected chi connectivity index (χ4v) is 4.21. The van der Waals surface area contributed by atoms with Gasteiger partial charge in [0.25, 0.3) is 0 Å². The molecule has 0 aliphatic carbocycles. The number of pyridine rings is 1. The molecule has 0 saturated heterocycles. The van der Waals surface area contributed by atoms with Gasteiger partial charge in [-0.15, -0.1) is 0 Å². The zero-order valence-corrected chi connectivity index (χ0v) is 15.3. The number of rotatable bonds is 5. The van der Waals surface area contributed by atoms with Gasteiger partial charge in [0.1, 0.15) is 10.0 Å². The summed E-state index contributed by atoms with van der Waals surface area (Å²) in [4.78, 5) is 18.1. The van der Waals surface area contributed by atoms with Crippen molar-refractivity contribution in [2.24, 2.45) is 5.92 Å². The molecule has 23 heavy (non-hydrogen) atoms. The number of aromatic nitrogens is 2. The van der Waals surface area contributed by atoms with Crippen LogP contribution in [0.3, 0.4) is 0 Å². The van der Waals surface area contributed by atoms with Gasteiger partial charge >= 0.3 is 0 Å². The Kier molecular flexibility index (Phi) is 5.72. The van der Waals surface area contributed by atoms with Crippen LogP contribution in [0.15, 0.2) is 24.5 Å². The van der Waals surface area contributed by atoms with Crippen LogP contribution in [-0.4, -0.2) is 39.4 Å². The van der Waals surface area contributed by atoms with Crippen molar-refractivity contribution in [3.63, 3.8) is 0 Å². The first-order valence-corrected chi connectivity index (χ1v) is 9.66. The monoisotopic (exact) mass is 374 g/mol. The van der Waals surface area contributed by atoms with Gasteiger partial charge in [-0.25, -0.2) is 4.98 Å². The van der Waals surface area contributed by atoms with Crippen LogP contribution in [-0.2, 0) is 15.6 Å². The number of carbonyl (C=O) groups is 1. The molecular weight excluding hydrogens is 358 g/mol. The third kappa shape index (κ3) is 4.27. The van der Waals surface area contributed by atoms with Gasteiger partial charge in [-0.3, -0.25) is 14.2 Å². The van der Waals surface area contributed by atoms with Gasteiger partial charge < -0.3 is 4.90 Å². The Hall–Kier alpha value is -1.51. The molecular formula is C14H17ClN3O3S2+. The normalized spacial score (nSPS) is 13.6. The van der Waals surface area contributed by atoms with E-state index in [4.69, 9.17) is 11.6 Å². The van der Waals surface area contributed by atoms with Crippen molar-refractivity contribution < 1.29 is 18.9 Å². The van der Waals surface area contributed by atoms with Crippen LogP contribution in [0, 0.1) is 5.92 Å². The first kappa shape index (κ1) is 17.8. The third-order valence-electron chi connectivity index (χ3n) is 3.14. The number of hydrogen-bond acceptors (Lipinski definition) is 5. The molecule has 0 aromatic carbocycles. The molecule has 124 valence electrons. The van der Waals surface area contributed by atoms with Crippen molar-refractivity contribution in [2.45, 2.75) is 6.92 Å². The van der Waals surface area contributed by atoms with Gasteiger partial charge in [-0.05, 0) is 6.07 Å². The standard InChI is InChI=1S/C14H17ClN3O3S2/c1-9(8-23(3)21)13(19)17(2)14-11(15)16-12(22-14)10-5-4-6-18(20)7-10/h4-7,9,20H,8H2,1-3H3/q+1. The molecule has 0 radical (unpaired) electrons. The molecule has 9 heteroatoms. The lowest BCUT2D eigenvalue weighted by Gasteiger charge is -2.19. The lowest BCUT2D eigenvalue weighted by Crippen LogP contribution is -2.33. The SMILES string of the molecule is CC(CS(C)=O)C(=O)N(C)c1sc(-c2ccc[n+](O)c2)nc1Cl. The molecule has 2 heterocycles. The van der Waals surface area contributed by atoms with Crippen LogP contribution in [0.2, 0.25) is 5.15 Å². The summed E-state index contributed by atoms with van der Waals surface area (Å²) in [6, 6.07) is 3.47. The molecule has 2 rings (SSSR count). The van der Waals surface area contributed by atoms with Gasteiger partial charge in [0.05, 0.1) is 5.56 Å². The average molecular weight is 375 g/mol. The maximum atomic E-state index is 12.4. The maximum Gasteiger partial charge on any atom is 0.232 e. The Balaban J connectivity index is 2.27. The highest BCUT2D eigenvalue weighted by Gasteiger charge is 2.24. The summed E-state index contributed by atoms with van der Waals surface area (Å²) in [7, 11) is 0.578. The summed E-state index contributed by atoms with van der Waals surface area (Å²) in [5.74, 6) is -0.235. The Labute approximate surface area is 145 Å². The van der Waals surface area contributed by atoms with Crippen LogP contribution in [0.25, 0.3) is 10.6 Å². The number of hydrogen-bond donors (Lipinski definition) is 1. The zero-order chi connectivity index (χ0) is 17.1. The van der Waals surface area contributed by atoms with E-state index < -0.39 is 10.8 Å². The van der Waals surface area contributed by atoms with E-state index in [1.807, 2.05) is 0 Å². The lowest BCUT2D eigenvalue weighted by molar-refractivity contribution is -0.904. The van der Waals surface area contributed by atoms with Gasteiger partial charge in [-0.1, -0.05) is 29.9 Å². The highest BCUT2D eigenvalue weighted by atomic mass is 35.5. The number of anilines is 1. The van der Waals surface area contributed by atoms with E-state index >= 15 is 0 Å². The zero-order valence-electron chi connectivity index (χ0n) is 12.9. The first-order chi connectivity index (χ1) is 10.8. The third-order valence-corrected chi connectivity index (χ3v) is 5.67. The minimum absolute atomic E-state index is 0.164. The molecule has 2 unspecified atom stereocenters. The van der Waals surface area contributed by atoms with Crippen molar-refractivity contribution in [3.8, 4) is 10.6 Å². The minimum atomic E-state index is -1.04. The largest absolute Gasteiger partial charge is 0.304 e. The van der Waals surface area contributed by atoms with E-state index in [2.05, 4.69) is 4.98 Å². The van der Waals surface area contributed by atoms with E-state index in [0.717, 1.165) is 4.73 Å². The van der Waals surface area contributed by atoms with Crippen LogP contribution >= 0.6 is 22.9 Å². The second-order valence-corrected chi connectivity index (χ2v) is 7.94. The Morgan fingerprint density at radius 1 is 1.61 bits per heavy atom. The molecule has 2 atom stereocenters. The van der Waals surface area contributed by atoms with E-state index in [0.29, 0.717) is 21.3 Å². The number of halogens is 1. The summed E-state index contributed by atoms with van der Waals surface area (Å²) in [6.45, 7) is 1.74. The Morgan fingerprint density at radius 2 is 2.30 bits per heavy atom. The topological polar surface area (TPSA) is 74.4 Å². The number of thiazole rings is 1. The van der Waals surface area contributed by atoms with Crippen LogP contribution in [0.4, 0.5) is 5.00 Å². The van der Waals surface area contributed by atoms with Gasteiger partial charge in [0.2, 0.25) is 18.3 Å². The molecule has 0 saturated carbocycles. The molecule has 2 aromatic heterocycles. The lowest BCUT2D eigenvalue weighted by atomic mass is 10.2. The number of nitrogens with zero attached hydrogens (tertiary/aromatic N) is 3. The summed E-state index contributed by atoms with van der Waals surface area (Å²) in [5, 5.41) is 10.8. The molecule has 1 amide bonds. The van der Waals surface area contributed by atoms with Crippen molar-refractivity contribution in [3.05, 3.63) is 29.7 Å².